The number of ether oxygens (including phenoxy) is 2. The second-order valence-corrected chi connectivity index (χ2v) is 7.91. The average Bonchev–Trinajstić information content (AvgIpc) is 3.02. The number of likely N-dealkylation sites (N-methyl/N-ethyl adjacent to an activating group) is 1. The van der Waals surface area contributed by atoms with Crippen molar-refractivity contribution in [2.24, 2.45) is 0 Å². The van der Waals surface area contributed by atoms with E-state index in [1.807, 2.05) is 25.9 Å². The van der Waals surface area contributed by atoms with Gasteiger partial charge in [-0.1, -0.05) is 6.07 Å². The minimum absolute atomic E-state index is 0.00827. The molecule has 32 heavy (non-hydrogen) atoms. The summed E-state index contributed by atoms with van der Waals surface area (Å²) in [6.45, 7) is 2.64. The van der Waals surface area contributed by atoms with E-state index in [-0.39, 0.29) is 29.4 Å². The molecule has 1 fully saturated rings. The molecule has 1 unspecified atom stereocenters. The summed E-state index contributed by atoms with van der Waals surface area (Å²) in [5, 5.41) is 21.2. The Morgan fingerprint density at radius 1 is 1.06 bits per heavy atom. The highest BCUT2D eigenvalue weighted by Crippen LogP contribution is 2.41. The zero-order chi connectivity index (χ0) is 23.6. The highest BCUT2D eigenvalue weighted by Gasteiger charge is 2.46. The Hall–Kier alpha value is -3.52. The molecule has 2 aromatic rings. The molecule has 1 aliphatic rings. The first-order valence-corrected chi connectivity index (χ1v) is 10.1. The monoisotopic (exact) mass is 440 g/mol. The van der Waals surface area contributed by atoms with Crippen LogP contribution < -0.4 is 9.47 Å². The predicted octanol–water partition coefficient (Wildman–Crippen LogP) is 2.70. The van der Waals surface area contributed by atoms with Crippen molar-refractivity contribution < 1.29 is 29.3 Å². The summed E-state index contributed by atoms with van der Waals surface area (Å²) < 4.78 is 10.5. The maximum atomic E-state index is 13.1. The maximum Gasteiger partial charge on any atom is 0.295 e. The van der Waals surface area contributed by atoms with Gasteiger partial charge < -0.3 is 29.5 Å². The Morgan fingerprint density at radius 2 is 1.75 bits per heavy atom. The third-order valence-electron chi connectivity index (χ3n) is 5.52. The Balaban J connectivity index is 2.19. The zero-order valence-corrected chi connectivity index (χ0v) is 18.9. The average molecular weight is 440 g/mol. The summed E-state index contributed by atoms with van der Waals surface area (Å²) in [6, 6.07) is 8.85. The Morgan fingerprint density at radius 3 is 2.34 bits per heavy atom. The Bertz CT molecular complexity index is 1080. The molecule has 8 nitrogen and oxygen atoms in total. The number of ketones is 1. The molecule has 0 radical (unpaired) electrons. The molecule has 2 N–H and O–H groups in total. The molecule has 1 amide bonds. The van der Waals surface area contributed by atoms with Crippen molar-refractivity contribution >= 4 is 17.4 Å². The van der Waals surface area contributed by atoms with Crippen molar-refractivity contribution in [2.45, 2.75) is 13.0 Å². The fraction of sp³-hybridized carbons (Fsp3) is 0.333. The number of aryl methyl sites for hydroxylation is 1. The van der Waals surface area contributed by atoms with Gasteiger partial charge in [0.15, 0.2) is 11.5 Å². The highest BCUT2D eigenvalue weighted by molar-refractivity contribution is 6.46. The number of carbonyl (C=O) groups excluding carboxylic acids is 2. The molecule has 0 bridgehead atoms. The van der Waals surface area contributed by atoms with E-state index in [0.717, 1.165) is 5.56 Å². The number of carbonyl (C=O) groups is 2. The predicted molar refractivity (Wildman–Crippen MR) is 120 cm³/mol. The van der Waals surface area contributed by atoms with Crippen molar-refractivity contribution in [2.75, 3.05) is 41.4 Å². The van der Waals surface area contributed by atoms with Crippen LogP contribution in [-0.2, 0) is 9.59 Å². The molecule has 1 atom stereocenters. The van der Waals surface area contributed by atoms with Crippen molar-refractivity contribution in [3.8, 4) is 17.2 Å². The number of benzene rings is 2. The molecule has 0 saturated carbocycles. The third kappa shape index (κ3) is 4.27. The van der Waals surface area contributed by atoms with Gasteiger partial charge in [0, 0.05) is 18.7 Å². The number of aromatic hydroxyl groups is 1. The number of likely N-dealkylation sites (tertiary alicyclic amines) is 1. The van der Waals surface area contributed by atoms with Crippen LogP contribution in [0.1, 0.15) is 22.7 Å². The summed E-state index contributed by atoms with van der Waals surface area (Å²) in [5.41, 5.74) is 1.72. The van der Waals surface area contributed by atoms with E-state index >= 15 is 0 Å². The number of phenols is 1. The van der Waals surface area contributed by atoms with Crippen LogP contribution in [-0.4, -0.2) is 73.1 Å². The second kappa shape index (κ2) is 9.32. The van der Waals surface area contributed by atoms with Gasteiger partial charge in [-0.05, 0) is 62.5 Å². The van der Waals surface area contributed by atoms with E-state index in [0.29, 0.717) is 23.4 Å². The SMILES string of the molecule is COc1ccc(/C(O)=C2\C(=O)C(=O)N(CCN(C)C)C2c2ccc(O)c(OC)c2)cc1C. The first-order chi connectivity index (χ1) is 15.2. The van der Waals surface area contributed by atoms with Gasteiger partial charge in [-0.3, -0.25) is 9.59 Å². The van der Waals surface area contributed by atoms with Crippen LogP contribution in [0.25, 0.3) is 5.76 Å². The summed E-state index contributed by atoms with van der Waals surface area (Å²) >= 11 is 0. The second-order valence-electron chi connectivity index (χ2n) is 7.91. The van der Waals surface area contributed by atoms with Crippen LogP contribution in [0.3, 0.4) is 0 Å². The maximum absolute atomic E-state index is 13.1. The summed E-state index contributed by atoms with van der Waals surface area (Å²) in [4.78, 5) is 29.4. The normalized spacial score (nSPS) is 17.8. The standard InChI is InChI=1S/C24H28N2O6/c1-14-12-16(7-9-18(14)31-4)22(28)20-21(15-6-8-17(27)19(13-15)32-5)26(11-10-25(2)3)24(30)23(20)29/h6-9,12-13,21,27-28H,10-11H2,1-5H3/b22-20+. The lowest BCUT2D eigenvalue weighted by Gasteiger charge is -2.27. The lowest BCUT2D eigenvalue weighted by molar-refractivity contribution is -0.140. The first kappa shape index (κ1) is 23.1. The van der Waals surface area contributed by atoms with Crippen molar-refractivity contribution in [1.29, 1.82) is 0 Å². The van der Waals surface area contributed by atoms with Gasteiger partial charge in [-0.15, -0.1) is 0 Å². The van der Waals surface area contributed by atoms with Gasteiger partial charge in [0.2, 0.25) is 0 Å². The molecular formula is C24H28N2O6. The van der Waals surface area contributed by atoms with E-state index in [1.165, 1.54) is 18.1 Å². The molecule has 1 aliphatic heterocycles. The number of hydrogen-bond donors (Lipinski definition) is 2. The van der Waals surface area contributed by atoms with Crippen LogP contribution in [0.4, 0.5) is 0 Å². The van der Waals surface area contributed by atoms with Crippen LogP contribution in [0, 0.1) is 6.92 Å². The van der Waals surface area contributed by atoms with Crippen LogP contribution in [0.2, 0.25) is 0 Å². The fourth-order valence-corrected chi connectivity index (χ4v) is 3.81. The van der Waals surface area contributed by atoms with Crippen LogP contribution in [0.5, 0.6) is 17.2 Å². The first-order valence-electron chi connectivity index (χ1n) is 10.1. The quantitative estimate of drug-likeness (QED) is 0.388. The summed E-state index contributed by atoms with van der Waals surface area (Å²) in [7, 11) is 6.71. The molecule has 1 saturated heterocycles. The lowest BCUT2D eigenvalue weighted by Crippen LogP contribution is -2.35. The van der Waals surface area contributed by atoms with Gasteiger partial charge in [-0.25, -0.2) is 0 Å². The number of phenolic OH excluding ortho intramolecular Hbond substituents is 1. The van der Waals surface area contributed by atoms with Gasteiger partial charge in [-0.2, -0.15) is 0 Å². The van der Waals surface area contributed by atoms with Gasteiger partial charge in [0.1, 0.15) is 11.5 Å². The number of nitrogens with zero attached hydrogens (tertiary/aromatic N) is 2. The smallest absolute Gasteiger partial charge is 0.295 e. The van der Waals surface area contributed by atoms with Crippen molar-refractivity contribution in [1.82, 2.24) is 9.80 Å². The van der Waals surface area contributed by atoms with Gasteiger partial charge in [0.25, 0.3) is 11.7 Å². The van der Waals surface area contributed by atoms with Gasteiger partial charge >= 0.3 is 0 Å². The number of amides is 1. The molecule has 8 heteroatoms. The molecule has 2 aromatic carbocycles. The van der Waals surface area contributed by atoms with Crippen molar-refractivity contribution in [3.63, 3.8) is 0 Å². The zero-order valence-electron chi connectivity index (χ0n) is 18.9. The molecule has 0 aliphatic carbocycles. The highest BCUT2D eigenvalue weighted by atomic mass is 16.5. The van der Waals surface area contributed by atoms with Crippen LogP contribution >= 0.6 is 0 Å². The third-order valence-corrected chi connectivity index (χ3v) is 5.52. The molecule has 0 spiro atoms. The lowest BCUT2D eigenvalue weighted by atomic mass is 9.94. The summed E-state index contributed by atoms with van der Waals surface area (Å²) in [6.07, 6.45) is 0. The van der Waals surface area contributed by atoms with Gasteiger partial charge in [0.05, 0.1) is 25.8 Å². The molecule has 0 aromatic heterocycles. The number of Topliss-reactive ketones (excluding diaryl/α,β-unsaturated/α-hetero) is 1. The van der Waals surface area contributed by atoms with E-state index < -0.39 is 17.7 Å². The topological polar surface area (TPSA) is 99.5 Å². The number of aliphatic hydroxyl groups excluding tert-OH is 1. The van der Waals surface area contributed by atoms with E-state index in [2.05, 4.69) is 0 Å². The van der Waals surface area contributed by atoms with E-state index in [1.54, 1.807) is 37.4 Å². The number of methoxy groups -OCH3 is 2. The van der Waals surface area contributed by atoms with Crippen LogP contribution in [0.15, 0.2) is 42.0 Å². The molecule has 3 rings (SSSR count). The van der Waals surface area contributed by atoms with E-state index in [4.69, 9.17) is 9.47 Å². The Kier molecular flexibility index (Phi) is 6.74. The minimum Gasteiger partial charge on any atom is -0.507 e. The largest absolute Gasteiger partial charge is 0.507 e. The molecular weight excluding hydrogens is 412 g/mol. The van der Waals surface area contributed by atoms with E-state index in [9.17, 15) is 19.8 Å². The Labute approximate surface area is 187 Å². The number of hydrogen-bond acceptors (Lipinski definition) is 7. The molecule has 170 valence electrons. The molecule has 1 heterocycles. The number of rotatable bonds is 7. The van der Waals surface area contributed by atoms with Crippen molar-refractivity contribution in [3.05, 3.63) is 58.7 Å². The number of aliphatic hydroxyl groups is 1. The fourth-order valence-electron chi connectivity index (χ4n) is 3.81. The minimum atomic E-state index is -0.827. The summed E-state index contributed by atoms with van der Waals surface area (Å²) in [5.74, 6) is -0.915.